The first-order valence-electron chi connectivity index (χ1n) is 16.6. The average molecular weight is 731 g/mol. The number of alkyl carbamates (subject to hydrolysis) is 1. The quantitative estimate of drug-likeness (QED) is 0.0940. The molecule has 11 N–H and O–H groups in total. The molecule has 18 nitrogen and oxygen atoms in total. The van der Waals surface area contributed by atoms with Gasteiger partial charge in [-0.25, -0.2) is 9.59 Å². The van der Waals surface area contributed by atoms with Gasteiger partial charge in [-0.3, -0.25) is 14.4 Å². The number of nitrogens with two attached hydrogens (primary N) is 1. The van der Waals surface area contributed by atoms with Crippen molar-refractivity contribution in [2.75, 3.05) is 19.7 Å². The molecular formula is C34H42N4O14. The topological polar surface area (TPSA) is 297 Å². The van der Waals surface area contributed by atoms with Crippen LogP contribution in [0.15, 0.2) is 48.5 Å². The smallest absolute Gasteiger partial charge is 0.407 e. The molecule has 2 heterocycles. The summed E-state index contributed by atoms with van der Waals surface area (Å²) in [5, 5.41) is 67.6. The third-order valence-corrected chi connectivity index (χ3v) is 9.44. The zero-order chi connectivity index (χ0) is 37.7. The summed E-state index contributed by atoms with van der Waals surface area (Å²) < 4.78 is 16.2. The van der Waals surface area contributed by atoms with Crippen LogP contribution in [0.2, 0.25) is 0 Å². The van der Waals surface area contributed by atoms with Crippen molar-refractivity contribution in [3.63, 3.8) is 0 Å². The Labute approximate surface area is 296 Å². The highest BCUT2D eigenvalue weighted by Gasteiger charge is 2.47. The standard InChI is InChI=1S/C34H42N4O14/c35-32(46)31-30(45)29(44)28(43)23(52-31)13-37-25(40)11-21-26(41)27(42)22(51-21)12-36-24(39)10-9-20(33(47)48)38-34(49)50-14-19-17-7-3-1-5-15(17)16-6-2-4-8-18(16)19/h1-8,19-23,26-31,41-45H,9-14H2,(H2,35,46)(H,36,39)(H,37,40)(H,38,49)(H,47,48)/t20-,21-,22+,23-,26-,27+,28-,29+,30-,31-/m0/s1. The number of benzene rings is 2. The Morgan fingerprint density at radius 3 is 1.87 bits per heavy atom. The molecule has 4 amide bonds. The van der Waals surface area contributed by atoms with E-state index in [4.69, 9.17) is 19.9 Å². The van der Waals surface area contributed by atoms with Crippen LogP contribution >= 0.6 is 0 Å². The molecule has 2 aliphatic heterocycles. The van der Waals surface area contributed by atoms with E-state index in [1.54, 1.807) is 0 Å². The third-order valence-electron chi connectivity index (χ3n) is 9.44. The molecule has 2 aromatic carbocycles. The van der Waals surface area contributed by atoms with Crippen LogP contribution in [0.4, 0.5) is 4.79 Å². The van der Waals surface area contributed by atoms with Crippen molar-refractivity contribution in [1.29, 1.82) is 0 Å². The number of rotatable bonds is 14. The van der Waals surface area contributed by atoms with Gasteiger partial charge >= 0.3 is 12.1 Å². The molecule has 5 rings (SSSR count). The molecule has 0 aromatic heterocycles. The lowest BCUT2D eigenvalue weighted by Gasteiger charge is -2.39. The lowest BCUT2D eigenvalue weighted by molar-refractivity contribution is -0.217. The van der Waals surface area contributed by atoms with Crippen LogP contribution in [0.3, 0.4) is 0 Å². The maximum Gasteiger partial charge on any atom is 0.407 e. The zero-order valence-corrected chi connectivity index (χ0v) is 27.7. The lowest BCUT2D eigenvalue weighted by atomic mass is 9.94. The Bertz CT molecular complexity index is 1600. The van der Waals surface area contributed by atoms with Crippen LogP contribution in [0.5, 0.6) is 0 Å². The number of carboxylic acids is 1. The first-order valence-corrected chi connectivity index (χ1v) is 16.6. The number of primary amides is 1. The Morgan fingerprint density at radius 1 is 0.731 bits per heavy atom. The molecule has 2 aromatic rings. The van der Waals surface area contributed by atoms with Gasteiger partial charge in [-0.1, -0.05) is 48.5 Å². The van der Waals surface area contributed by atoms with Gasteiger partial charge in [0.05, 0.1) is 12.5 Å². The van der Waals surface area contributed by atoms with Crippen molar-refractivity contribution in [1.82, 2.24) is 16.0 Å². The number of fused-ring (bicyclic) bond motifs is 3. The van der Waals surface area contributed by atoms with Crippen LogP contribution in [-0.2, 0) is 33.4 Å². The molecule has 2 fully saturated rings. The minimum atomic E-state index is -1.77. The molecular weight excluding hydrogens is 688 g/mol. The van der Waals surface area contributed by atoms with Crippen LogP contribution in [0.25, 0.3) is 11.1 Å². The molecule has 0 unspecified atom stereocenters. The normalized spacial score (nSPS) is 28.6. The summed E-state index contributed by atoms with van der Waals surface area (Å²) in [4.78, 5) is 61.1. The van der Waals surface area contributed by atoms with E-state index in [1.807, 2.05) is 48.5 Å². The Balaban J connectivity index is 1.03. The maximum absolute atomic E-state index is 12.6. The molecule has 10 atom stereocenters. The summed E-state index contributed by atoms with van der Waals surface area (Å²) in [6.07, 6.45) is -15.6. The van der Waals surface area contributed by atoms with Gasteiger partial charge in [-0.2, -0.15) is 0 Å². The number of carbonyl (C=O) groups excluding carboxylic acids is 4. The van der Waals surface area contributed by atoms with E-state index in [0.29, 0.717) is 0 Å². The second-order valence-corrected chi connectivity index (χ2v) is 12.9. The Kier molecular flexibility index (Phi) is 12.4. The molecule has 2 saturated heterocycles. The van der Waals surface area contributed by atoms with Crippen LogP contribution in [-0.4, -0.2) is 141 Å². The van der Waals surface area contributed by atoms with E-state index >= 15 is 0 Å². The highest BCUT2D eigenvalue weighted by Crippen LogP contribution is 2.44. The number of hydrogen-bond acceptors (Lipinski definition) is 13. The average Bonchev–Trinajstić information content (AvgIpc) is 3.58. The van der Waals surface area contributed by atoms with Gasteiger partial charge in [0.2, 0.25) is 17.7 Å². The van der Waals surface area contributed by atoms with E-state index in [0.717, 1.165) is 22.3 Å². The van der Waals surface area contributed by atoms with E-state index in [1.165, 1.54) is 0 Å². The largest absolute Gasteiger partial charge is 0.480 e. The molecule has 282 valence electrons. The molecule has 1 aliphatic carbocycles. The summed E-state index contributed by atoms with van der Waals surface area (Å²) in [5.41, 5.74) is 9.17. The highest BCUT2D eigenvalue weighted by atomic mass is 16.6. The Hall–Kier alpha value is -4.69. The van der Waals surface area contributed by atoms with Gasteiger partial charge < -0.3 is 66.5 Å². The number of aliphatic carboxylic acids is 1. The summed E-state index contributed by atoms with van der Waals surface area (Å²) in [5.74, 6) is -4.07. The zero-order valence-electron chi connectivity index (χ0n) is 27.7. The second-order valence-electron chi connectivity index (χ2n) is 12.9. The number of ether oxygens (including phenoxy) is 3. The number of aliphatic hydroxyl groups is 5. The molecule has 0 bridgehead atoms. The highest BCUT2D eigenvalue weighted by molar-refractivity contribution is 5.83. The van der Waals surface area contributed by atoms with Gasteiger partial charge in [0.1, 0.15) is 55.4 Å². The molecule has 52 heavy (non-hydrogen) atoms. The second kappa shape index (κ2) is 16.8. The number of carbonyl (C=O) groups is 5. The number of hydrogen-bond donors (Lipinski definition) is 10. The predicted molar refractivity (Wildman–Crippen MR) is 176 cm³/mol. The van der Waals surface area contributed by atoms with Crippen LogP contribution in [0.1, 0.15) is 36.3 Å². The van der Waals surface area contributed by atoms with E-state index in [2.05, 4.69) is 16.0 Å². The van der Waals surface area contributed by atoms with E-state index < -0.39 is 104 Å². The summed E-state index contributed by atoms with van der Waals surface area (Å²) in [6.45, 7) is -0.745. The van der Waals surface area contributed by atoms with Gasteiger partial charge in [0.15, 0.2) is 6.10 Å². The summed E-state index contributed by atoms with van der Waals surface area (Å²) >= 11 is 0. The Morgan fingerprint density at radius 2 is 1.27 bits per heavy atom. The van der Waals surface area contributed by atoms with E-state index in [-0.39, 0.29) is 31.9 Å². The molecule has 3 aliphatic rings. The summed E-state index contributed by atoms with van der Waals surface area (Å²) in [7, 11) is 0. The number of nitrogens with one attached hydrogen (secondary N) is 3. The minimum absolute atomic E-state index is 0.0323. The number of amides is 4. The van der Waals surface area contributed by atoms with Gasteiger partial charge in [0, 0.05) is 25.4 Å². The summed E-state index contributed by atoms with van der Waals surface area (Å²) in [6, 6.07) is 14.0. The maximum atomic E-state index is 12.6. The van der Waals surface area contributed by atoms with Crippen molar-refractivity contribution >= 4 is 29.8 Å². The van der Waals surface area contributed by atoms with Crippen molar-refractivity contribution < 1.29 is 68.8 Å². The van der Waals surface area contributed by atoms with Crippen molar-refractivity contribution in [3.05, 3.63) is 59.7 Å². The van der Waals surface area contributed by atoms with Crippen molar-refractivity contribution in [2.24, 2.45) is 5.73 Å². The SMILES string of the molecule is NC(=O)[C@H]1O[C@@H](CNC(=O)C[C@@H]2O[C@H](CNC(=O)CC[C@H](NC(=O)OCC3c4ccccc4-c4ccccc43)C(=O)O)[C@@H](O)[C@H]2O)[C@H](O)[C@@H](O)[C@@H]1O. The van der Waals surface area contributed by atoms with Gasteiger partial charge in [0.25, 0.3) is 0 Å². The monoisotopic (exact) mass is 730 g/mol. The third kappa shape index (κ3) is 8.67. The van der Waals surface area contributed by atoms with Gasteiger partial charge in [-0.05, 0) is 28.7 Å². The van der Waals surface area contributed by atoms with Crippen LogP contribution in [0, 0.1) is 0 Å². The molecule has 0 radical (unpaired) electrons. The fourth-order valence-electron chi connectivity index (χ4n) is 6.60. The molecule has 18 heteroatoms. The minimum Gasteiger partial charge on any atom is -0.480 e. The van der Waals surface area contributed by atoms with Crippen LogP contribution < -0.4 is 21.7 Å². The first-order chi connectivity index (χ1) is 24.8. The molecule has 0 saturated carbocycles. The first kappa shape index (κ1) is 38.5. The fourth-order valence-corrected chi connectivity index (χ4v) is 6.60. The van der Waals surface area contributed by atoms with Crippen molar-refractivity contribution in [2.45, 2.75) is 86.2 Å². The fraction of sp³-hybridized carbons (Fsp3) is 0.500. The van der Waals surface area contributed by atoms with Gasteiger partial charge in [-0.15, -0.1) is 0 Å². The van der Waals surface area contributed by atoms with Crippen molar-refractivity contribution in [3.8, 4) is 11.1 Å². The predicted octanol–water partition coefficient (Wildman–Crippen LogP) is -2.79. The lowest BCUT2D eigenvalue weighted by Crippen LogP contribution is -2.63. The number of carboxylic acid groups (broad SMARTS) is 1. The van der Waals surface area contributed by atoms with E-state index in [9.17, 15) is 54.6 Å². The number of aliphatic hydroxyl groups excluding tert-OH is 5. The molecule has 0 spiro atoms.